The number of unbranched alkanes of at least 4 members (excludes halogenated alkanes) is 1. The molecule has 2 rings (SSSR count). The summed E-state index contributed by atoms with van der Waals surface area (Å²) in [5.74, 6) is 0. The minimum Gasteiger partial charge on any atom is -0.330 e. The van der Waals surface area contributed by atoms with Gasteiger partial charge in [0.1, 0.15) is 0 Å². The van der Waals surface area contributed by atoms with Crippen molar-refractivity contribution in [3.63, 3.8) is 0 Å². The fourth-order valence-corrected chi connectivity index (χ4v) is 1.37. The monoisotopic (exact) mass is 257 g/mol. The molecule has 0 aliphatic heterocycles. The number of rotatable bonds is 4. The largest absolute Gasteiger partial charge is 2.00 e. The van der Waals surface area contributed by atoms with Crippen molar-refractivity contribution in [2.75, 3.05) is 6.54 Å². The van der Waals surface area contributed by atoms with Gasteiger partial charge in [-0.1, -0.05) is 12.8 Å². The van der Waals surface area contributed by atoms with Crippen molar-refractivity contribution in [1.82, 2.24) is 0 Å². The molecule has 2 N–H and O–H groups in total. The maximum atomic E-state index is 5.37. The van der Waals surface area contributed by atoms with Crippen LogP contribution >= 0.6 is 0 Å². The van der Waals surface area contributed by atoms with Gasteiger partial charge in [0.25, 0.3) is 0 Å². The van der Waals surface area contributed by atoms with E-state index in [9.17, 15) is 0 Å². The predicted octanol–water partition coefficient (Wildman–Crippen LogP) is 3.09. The fraction of sp³-hybridized carbons (Fsp3) is 0.286. The molecule has 88 valence electrons. The Kier molecular flexibility index (Phi) is 10.1. The molecule has 2 aromatic carbocycles. The molecular formula is C14H19FeN. The molecule has 0 radical (unpaired) electrons. The van der Waals surface area contributed by atoms with Crippen molar-refractivity contribution >= 4 is 0 Å². The molecule has 1 nitrogen and oxygen atoms in total. The number of aryl methyl sites for hydroxylation is 1. The quantitative estimate of drug-likeness (QED) is 0.508. The molecule has 0 spiro atoms. The van der Waals surface area contributed by atoms with Gasteiger partial charge >= 0.3 is 17.1 Å². The van der Waals surface area contributed by atoms with E-state index in [0.29, 0.717) is 0 Å². The molecule has 0 atom stereocenters. The molecule has 0 fully saturated rings. The zero-order chi connectivity index (χ0) is 10.8. The van der Waals surface area contributed by atoms with Crippen LogP contribution < -0.4 is 5.73 Å². The molecule has 0 saturated carbocycles. The normalized spacial score (nSPS) is 8.81. The molecule has 0 aliphatic rings. The van der Waals surface area contributed by atoms with Crippen molar-refractivity contribution in [2.45, 2.75) is 19.3 Å². The molecule has 2 aromatic rings. The molecule has 0 bridgehead atoms. The van der Waals surface area contributed by atoms with Gasteiger partial charge in [-0.25, -0.2) is 24.3 Å². The van der Waals surface area contributed by atoms with Gasteiger partial charge in [0.2, 0.25) is 0 Å². The summed E-state index contributed by atoms with van der Waals surface area (Å²) in [4.78, 5) is 0. The van der Waals surface area contributed by atoms with Crippen molar-refractivity contribution < 1.29 is 17.1 Å². The number of nitrogens with two attached hydrogens (primary N) is 1. The van der Waals surface area contributed by atoms with E-state index in [1.165, 1.54) is 18.4 Å². The van der Waals surface area contributed by atoms with Gasteiger partial charge in [0.05, 0.1) is 0 Å². The molecule has 0 heterocycles. The van der Waals surface area contributed by atoms with E-state index in [2.05, 4.69) is 24.3 Å². The maximum absolute atomic E-state index is 5.37. The third-order valence-electron chi connectivity index (χ3n) is 2.21. The van der Waals surface area contributed by atoms with Crippen LogP contribution in [0.3, 0.4) is 0 Å². The van der Waals surface area contributed by atoms with Crippen LogP contribution in [0.1, 0.15) is 18.4 Å². The zero-order valence-corrected chi connectivity index (χ0v) is 10.6. The van der Waals surface area contributed by atoms with E-state index in [1.54, 1.807) is 0 Å². The average Bonchev–Trinajstić information content (AvgIpc) is 2.94. The second kappa shape index (κ2) is 10.7. The molecule has 0 aromatic heterocycles. The summed E-state index contributed by atoms with van der Waals surface area (Å²) >= 11 is 0. The summed E-state index contributed by atoms with van der Waals surface area (Å²) in [7, 11) is 0. The van der Waals surface area contributed by atoms with E-state index < -0.39 is 0 Å². The third-order valence-corrected chi connectivity index (χ3v) is 2.21. The van der Waals surface area contributed by atoms with E-state index in [-0.39, 0.29) is 17.1 Å². The molecule has 2 heteroatoms. The topological polar surface area (TPSA) is 26.0 Å². The average molecular weight is 257 g/mol. The zero-order valence-electron chi connectivity index (χ0n) is 9.46. The van der Waals surface area contributed by atoms with Crippen LogP contribution in [-0.4, -0.2) is 6.54 Å². The Morgan fingerprint density at radius 1 is 0.938 bits per heavy atom. The van der Waals surface area contributed by atoms with Crippen LogP contribution in [0.15, 0.2) is 54.6 Å². The summed E-state index contributed by atoms with van der Waals surface area (Å²) in [6.07, 6.45) is 3.55. The first-order chi connectivity index (χ1) is 7.43. The van der Waals surface area contributed by atoms with Gasteiger partial charge in [0, 0.05) is 0 Å². The fourth-order valence-electron chi connectivity index (χ4n) is 1.37. The summed E-state index contributed by atoms with van der Waals surface area (Å²) in [5, 5.41) is 0. The van der Waals surface area contributed by atoms with Crippen molar-refractivity contribution in [3.8, 4) is 0 Å². The van der Waals surface area contributed by atoms with Crippen molar-refractivity contribution in [3.05, 3.63) is 60.2 Å². The Bertz CT molecular complexity index is 280. The van der Waals surface area contributed by atoms with Crippen molar-refractivity contribution in [2.24, 2.45) is 5.73 Å². The van der Waals surface area contributed by atoms with Gasteiger partial charge in [-0.3, -0.25) is 0 Å². The van der Waals surface area contributed by atoms with E-state index >= 15 is 0 Å². The first-order valence-corrected chi connectivity index (χ1v) is 5.51. The van der Waals surface area contributed by atoms with Crippen molar-refractivity contribution in [1.29, 1.82) is 0 Å². The van der Waals surface area contributed by atoms with E-state index in [0.717, 1.165) is 13.0 Å². The van der Waals surface area contributed by atoms with Gasteiger partial charge < -0.3 is 5.73 Å². The van der Waals surface area contributed by atoms with Gasteiger partial charge in [-0.2, -0.15) is 35.9 Å². The molecule has 0 amide bonds. The van der Waals surface area contributed by atoms with Gasteiger partial charge in [-0.05, 0) is 13.0 Å². The Hall–Kier alpha value is -0.821. The summed E-state index contributed by atoms with van der Waals surface area (Å²) in [6, 6.07) is 18.5. The van der Waals surface area contributed by atoms with Crippen LogP contribution in [0.25, 0.3) is 0 Å². The molecule has 0 aliphatic carbocycles. The second-order valence-corrected chi connectivity index (χ2v) is 3.50. The molecule has 16 heavy (non-hydrogen) atoms. The molecule has 0 saturated heterocycles. The summed E-state index contributed by atoms with van der Waals surface area (Å²) in [5.41, 5.74) is 6.81. The smallest absolute Gasteiger partial charge is 0.330 e. The summed E-state index contributed by atoms with van der Waals surface area (Å²) in [6.45, 7) is 0.820. The predicted molar refractivity (Wildman–Crippen MR) is 66.1 cm³/mol. The Labute approximate surface area is 109 Å². The number of hydrogen-bond acceptors (Lipinski definition) is 1. The van der Waals surface area contributed by atoms with Crippen LogP contribution in [0.4, 0.5) is 0 Å². The first kappa shape index (κ1) is 15.2. The van der Waals surface area contributed by atoms with Crippen LogP contribution in [0.5, 0.6) is 0 Å². The SMILES string of the molecule is NCCCC[c-]1cccc1.[Fe+2].c1cc[cH-]c1. The standard InChI is InChI=1S/C9H14N.C5H5.Fe/c10-8-4-3-7-9-5-1-2-6-9;1-2-4-5-3-1;/h1-2,5-6H,3-4,7-8,10H2;1-5H;/q2*-1;+2. The van der Waals surface area contributed by atoms with E-state index in [4.69, 9.17) is 5.73 Å². The molecular weight excluding hydrogens is 238 g/mol. The third kappa shape index (κ3) is 7.47. The Morgan fingerprint density at radius 2 is 1.56 bits per heavy atom. The molecule has 0 unspecified atom stereocenters. The summed E-state index contributed by atoms with van der Waals surface area (Å²) < 4.78 is 0. The van der Waals surface area contributed by atoms with E-state index in [1.807, 2.05) is 30.3 Å². The number of hydrogen-bond donors (Lipinski definition) is 1. The Morgan fingerprint density at radius 3 is 2.00 bits per heavy atom. The van der Waals surface area contributed by atoms with Crippen LogP contribution in [0, 0.1) is 0 Å². The van der Waals surface area contributed by atoms with Gasteiger partial charge in [0.15, 0.2) is 0 Å². The second-order valence-electron chi connectivity index (χ2n) is 3.50. The van der Waals surface area contributed by atoms with Gasteiger partial charge in [-0.15, -0.1) is 0 Å². The minimum absolute atomic E-state index is 0. The Balaban J connectivity index is 0.000000318. The van der Waals surface area contributed by atoms with Crippen LogP contribution in [0.2, 0.25) is 0 Å². The minimum atomic E-state index is 0. The first-order valence-electron chi connectivity index (χ1n) is 5.51. The van der Waals surface area contributed by atoms with Crippen LogP contribution in [-0.2, 0) is 23.5 Å². The maximum Gasteiger partial charge on any atom is 2.00 e.